The van der Waals surface area contributed by atoms with Gasteiger partial charge in [0.15, 0.2) is 5.82 Å². The van der Waals surface area contributed by atoms with E-state index >= 15 is 0 Å². The van der Waals surface area contributed by atoms with Crippen molar-refractivity contribution < 1.29 is 13.2 Å². The maximum absolute atomic E-state index is 12.4. The van der Waals surface area contributed by atoms with Crippen molar-refractivity contribution >= 4 is 37.5 Å². The van der Waals surface area contributed by atoms with Crippen LogP contribution in [0.2, 0.25) is 0 Å². The third kappa shape index (κ3) is 4.64. The van der Waals surface area contributed by atoms with E-state index in [1.807, 2.05) is 31.2 Å². The first kappa shape index (κ1) is 20.2. The van der Waals surface area contributed by atoms with Crippen LogP contribution in [0.15, 0.2) is 58.3 Å². The molecule has 0 aliphatic carbocycles. The molecule has 0 spiro atoms. The Bertz CT molecular complexity index is 1130. The van der Waals surface area contributed by atoms with Gasteiger partial charge in [-0.2, -0.15) is 5.10 Å². The quantitative estimate of drug-likeness (QED) is 0.581. The Morgan fingerprint density at radius 3 is 2.57 bits per heavy atom. The number of rotatable bonds is 6. The monoisotopic (exact) mass is 463 g/mol. The van der Waals surface area contributed by atoms with Crippen molar-refractivity contribution in [3.05, 3.63) is 64.5 Å². The summed E-state index contributed by atoms with van der Waals surface area (Å²) < 4.78 is 26.0. The second-order valence-electron chi connectivity index (χ2n) is 6.04. The van der Waals surface area contributed by atoms with Crippen molar-refractivity contribution in [2.24, 2.45) is 5.14 Å². The van der Waals surface area contributed by atoms with E-state index < -0.39 is 10.0 Å². The minimum Gasteiger partial charge on any atom is -0.324 e. The Hall–Kier alpha value is -2.56. The SMILES string of the molecule is CCc1ccccc1CC(=O)Nc1cnc(-n2cc(Br)cn2)c(S(N)(=O)=O)c1. The summed E-state index contributed by atoms with van der Waals surface area (Å²) in [5.74, 6) is -0.236. The normalized spacial score (nSPS) is 11.4. The summed E-state index contributed by atoms with van der Waals surface area (Å²) in [5.41, 5.74) is 2.23. The molecule has 28 heavy (non-hydrogen) atoms. The van der Waals surface area contributed by atoms with Gasteiger partial charge in [0.05, 0.1) is 29.0 Å². The number of carbonyl (C=O) groups excluding carboxylic acids is 1. The maximum atomic E-state index is 12.4. The number of nitrogens with zero attached hydrogens (tertiary/aromatic N) is 3. The third-order valence-electron chi connectivity index (χ3n) is 4.04. The number of aryl methyl sites for hydroxylation is 1. The Kier molecular flexibility index (Phi) is 5.92. The molecule has 0 unspecified atom stereocenters. The number of aromatic nitrogens is 3. The Morgan fingerprint density at radius 2 is 1.96 bits per heavy atom. The van der Waals surface area contributed by atoms with Crippen LogP contribution in [0.3, 0.4) is 0 Å². The Morgan fingerprint density at radius 1 is 1.25 bits per heavy atom. The first-order valence-corrected chi connectivity index (χ1v) is 10.7. The van der Waals surface area contributed by atoms with Gasteiger partial charge in [-0.05, 0) is 39.5 Å². The fourth-order valence-corrected chi connectivity index (χ4v) is 3.73. The van der Waals surface area contributed by atoms with Crippen LogP contribution in [-0.2, 0) is 27.7 Å². The minimum absolute atomic E-state index is 0.0440. The summed E-state index contributed by atoms with van der Waals surface area (Å²) in [5, 5.41) is 12.0. The number of benzene rings is 1. The Labute approximate surface area is 171 Å². The van der Waals surface area contributed by atoms with Crippen LogP contribution in [0, 0.1) is 0 Å². The van der Waals surface area contributed by atoms with Gasteiger partial charge in [-0.3, -0.25) is 4.79 Å². The number of hydrogen-bond acceptors (Lipinski definition) is 5. The molecule has 0 saturated carbocycles. The lowest BCUT2D eigenvalue weighted by atomic mass is 10.0. The number of primary sulfonamides is 1. The largest absolute Gasteiger partial charge is 0.324 e. The molecule has 10 heteroatoms. The summed E-state index contributed by atoms with van der Waals surface area (Å²) >= 11 is 3.25. The zero-order chi connectivity index (χ0) is 20.3. The maximum Gasteiger partial charge on any atom is 0.241 e. The lowest BCUT2D eigenvalue weighted by Crippen LogP contribution is -2.19. The van der Waals surface area contributed by atoms with Gasteiger partial charge in [-0.15, -0.1) is 0 Å². The molecule has 1 aromatic carbocycles. The van der Waals surface area contributed by atoms with Gasteiger partial charge in [0.25, 0.3) is 0 Å². The Balaban J connectivity index is 1.88. The van der Waals surface area contributed by atoms with Crippen LogP contribution in [0.4, 0.5) is 5.69 Å². The summed E-state index contributed by atoms with van der Waals surface area (Å²) in [6.07, 6.45) is 5.40. The van der Waals surface area contributed by atoms with Crippen molar-refractivity contribution in [1.82, 2.24) is 14.8 Å². The van der Waals surface area contributed by atoms with Crippen molar-refractivity contribution in [2.75, 3.05) is 5.32 Å². The van der Waals surface area contributed by atoms with Crippen LogP contribution in [0.5, 0.6) is 0 Å². The van der Waals surface area contributed by atoms with Crippen LogP contribution < -0.4 is 10.5 Å². The number of halogens is 1. The van der Waals surface area contributed by atoms with E-state index in [4.69, 9.17) is 5.14 Å². The fraction of sp³-hybridized carbons (Fsp3) is 0.167. The highest BCUT2D eigenvalue weighted by molar-refractivity contribution is 9.10. The second kappa shape index (κ2) is 8.21. The third-order valence-corrected chi connectivity index (χ3v) is 5.36. The summed E-state index contributed by atoms with van der Waals surface area (Å²) in [6, 6.07) is 8.94. The van der Waals surface area contributed by atoms with Crippen molar-refractivity contribution in [3.8, 4) is 5.82 Å². The van der Waals surface area contributed by atoms with Crippen molar-refractivity contribution in [2.45, 2.75) is 24.7 Å². The number of nitrogens with one attached hydrogen (secondary N) is 1. The predicted molar refractivity (Wildman–Crippen MR) is 109 cm³/mol. The molecule has 0 bridgehead atoms. The van der Waals surface area contributed by atoms with Gasteiger partial charge >= 0.3 is 0 Å². The first-order chi connectivity index (χ1) is 13.3. The van der Waals surface area contributed by atoms with Crippen LogP contribution in [0.1, 0.15) is 18.1 Å². The van der Waals surface area contributed by atoms with Gasteiger partial charge in [0.2, 0.25) is 15.9 Å². The van der Waals surface area contributed by atoms with Crippen molar-refractivity contribution in [3.63, 3.8) is 0 Å². The highest BCUT2D eigenvalue weighted by atomic mass is 79.9. The highest BCUT2D eigenvalue weighted by Crippen LogP contribution is 2.22. The molecule has 3 aromatic rings. The average molecular weight is 464 g/mol. The van der Waals surface area contributed by atoms with Gasteiger partial charge in [0, 0.05) is 6.20 Å². The smallest absolute Gasteiger partial charge is 0.241 e. The summed E-state index contributed by atoms with van der Waals surface area (Å²) in [4.78, 5) is 16.3. The molecule has 0 aliphatic rings. The number of nitrogens with two attached hydrogens (primary N) is 1. The van der Waals surface area contributed by atoms with E-state index in [0.717, 1.165) is 17.5 Å². The number of carbonyl (C=O) groups is 1. The van der Waals surface area contributed by atoms with E-state index in [9.17, 15) is 13.2 Å². The van der Waals surface area contributed by atoms with Crippen LogP contribution >= 0.6 is 15.9 Å². The van der Waals surface area contributed by atoms with E-state index in [-0.39, 0.29) is 28.7 Å². The molecule has 0 aliphatic heterocycles. The van der Waals surface area contributed by atoms with Crippen LogP contribution in [-0.4, -0.2) is 29.1 Å². The molecule has 0 fully saturated rings. The highest BCUT2D eigenvalue weighted by Gasteiger charge is 2.19. The van der Waals surface area contributed by atoms with E-state index in [1.54, 1.807) is 6.20 Å². The lowest BCUT2D eigenvalue weighted by molar-refractivity contribution is -0.115. The number of sulfonamides is 1. The van der Waals surface area contributed by atoms with E-state index in [2.05, 4.69) is 31.3 Å². The van der Waals surface area contributed by atoms with Gasteiger partial charge in [-0.1, -0.05) is 31.2 Å². The molecule has 1 amide bonds. The molecule has 146 valence electrons. The molecule has 2 aromatic heterocycles. The molecule has 0 atom stereocenters. The van der Waals surface area contributed by atoms with Crippen molar-refractivity contribution in [1.29, 1.82) is 0 Å². The second-order valence-corrected chi connectivity index (χ2v) is 8.49. The molecular weight excluding hydrogens is 446 g/mol. The molecule has 8 nitrogen and oxygen atoms in total. The fourth-order valence-electron chi connectivity index (χ4n) is 2.76. The van der Waals surface area contributed by atoms with Gasteiger partial charge in [0.1, 0.15) is 4.90 Å². The van der Waals surface area contributed by atoms with Gasteiger partial charge < -0.3 is 5.32 Å². The molecular formula is C18H18BrN5O3S. The first-order valence-electron chi connectivity index (χ1n) is 8.38. The predicted octanol–water partition coefficient (Wildman–Crippen LogP) is 2.42. The molecule has 0 radical (unpaired) electrons. The molecule has 3 rings (SSSR count). The zero-order valence-electron chi connectivity index (χ0n) is 15.0. The minimum atomic E-state index is -4.09. The average Bonchev–Trinajstić information content (AvgIpc) is 3.07. The zero-order valence-corrected chi connectivity index (χ0v) is 17.4. The van der Waals surface area contributed by atoms with Gasteiger partial charge in [-0.25, -0.2) is 23.2 Å². The van der Waals surface area contributed by atoms with E-state index in [0.29, 0.717) is 4.47 Å². The number of hydrogen-bond donors (Lipinski definition) is 2. The molecule has 0 saturated heterocycles. The van der Waals surface area contributed by atoms with E-state index in [1.165, 1.54) is 23.1 Å². The topological polar surface area (TPSA) is 120 Å². The number of anilines is 1. The number of amides is 1. The summed E-state index contributed by atoms with van der Waals surface area (Å²) in [6.45, 7) is 2.02. The molecule has 2 heterocycles. The number of pyridine rings is 1. The van der Waals surface area contributed by atoms with Crippen LogP contribution in [0.25, 0.3) is 5.82 Å². The molecule has 3 N–H and O–H groups in total. The lowest BCUT2D eigenvalue weighted by Gasteiger charge is -2.11. The standard InChI is InChI=1S/C18H18BrN5O3S/c1-2-12-5-3-4-6-13(12)7-17(25)23-15-8-16(28(20,26)27)18(21-10-15)24-11-14(19)9-22-24/h3-6,8-11H,2,7H2,1H3,(H,23,25)(H2,20,26,27). The summed E-state index contributed by atoms with van der Waals surface area (Å²) in [7, 11) is -4.09.